The third-order valence-corrected chi connectivity index (χ3v) is 5.25. The molecule has 2 atom stereocenters. The van der Waals surface area contributed by atoms with Crippen LogP contribution in [-0.2, 0) is 11.2 Å². The van der Waals surface area contributed by atoms with Crippen LogP contribution < -0.4 is 0 Å². The fraction of sp³-hybridized carbons (Fsp3) is 0.611. The molecule has 2 aliphatic heterocycles. The van der Waals surface area contributed by atoms with Crippen LogP contribution in [0.3, 0.4) is 0 Å². The fourth-order valence-corrected chi connectivity index (χ4v) is 3.87. The number of amides is 1. The SMILES string of the molecule is Cc1c(F)cccc1CCC[C@H]1C[C@H]2CN(C)CCN2C1=O. The average molecular weight is 304 g/mol. The van der Waals surface area contributed by atoms with Gasteiger partial charge in [-0.05, 0) is 56.8 Å². The number of aryl methyl sites for hydroxylation is 1. The zero-order valence-corrected chi connectivity index (χ0v) is 13.5. The highest BCUT2D eigenvalue weighted by Crippen LogP contribution is 2.31. The number of piperazine rings is 1. The molecule has 3 rings (SSSR count). The van der Waals surface area contributed by atoms with Crippen LogP contribution in [0.4, 0.5) is 4.39 Å². The zero-order chi connectivity index (χ0) is 15.7. The highest BCUT2D eigenvalue weighted by atomic mass is 19.1. The molecule has 0 unspecified atom stereocenters. The van der Waals surface area contributed by atoms with Gasteiger partial charge < -0.3 is 9.80 Å². The molecule has 0 spiro atoms. The second-order valence-electron chi connectivity index (χ2n) is 6.80. The van der Waals surface area contributed by atoms with Gasteiger partial charge in [-0.3, -0.25) is 4.79 Å². The van der Waals surface area contributed by atoms with Crippen LogP contribution in [-0.4, -0.2) is 48.4 Å². The summed E-state index contributed by atoms with van der Waals surface area (Å²) in [6.45, 7) is 4.70. The van der Waals surface area contributed by atoms with Crippen molar-refractivity contribution in [1.29, 1.82) is 0 Å². The van der Waals surface area contributed by atoms with Crippen LogP contribution in [0.2, 0.25) is 0 Å². The predicted octanol–water partition coefficient (Wildman–Crippen LogP) is 2.62. The molecule has 120 valence electrons. The first-order valence-electron chi connectivity index (χ1n) is 8.29. The molecule has 0 aromatic heterocycles. The maximum Gasteiger partial charge on any atom is 0.226 e. The van der Waals surface area contributed by atoms with Gasteiger partial charge >= 0.3 is 0 Å². The normalized spacial score (nSPS) is 25.6. The highest BCUT2D eigenvalue weighted by Gasteiger charge is 2.40. The molecule has 2 saturated heterocycles. The third kappa shape index (κ3) is 3.02. The van der Waals surface area contributed by atoms with E-state index in [1.165, 1.54) is 6.07 Å². The van der Waals surface area contributed by atoms with Gasteiger partial charge in [-0.2, -0.15) is 0 Å². The number of nitrogens with zero attached hydrogens (tertiary/aromatic N) is 2. The van der Waals surface area contributed by atoms with Gasteiger partial charge in [0, 0.05) is 31.6 Å². The lowest BCUT2D eigenvalue weighted by Gasteiger charge is -2.35. The van der Waals surface area contributed by atoms with Crippen molar-refractivity contribution in [2.24, 2.45) is 5.92 Å². The molecular formula is C18H25FN2O. The van der Waals surface area contributed by atoms with E-state index in [2.05, 4.69) is 16.8 Å². The first-order valence-corrected chi connectivity index (χ1v) is 8.29. The minimum atomic E-state index is -0.130. The lowest BCUT2D eigenvalue weighted by Crippen LogP contribution is -2.49. The number of benzene rings is 1. The Kier molecular flexibility index (Phi) is 4.48. The van der Waals surface area contributed by atoms with E-state index in [0.717, 1.165) is 56.4 Å². The van der Waals surface area contributed by atoms with Crippen molar-refractivity contribution in [1.82, 2.24) is 9.80 Å². The Labute approximate surface area is 132 Å². The molecule has 22 heavy (non-hydrogen) atoms. The van der Waals surface area contributed by atoms with Crippen molar-refractivity contribution in [3.05, 3.63) is 35.1 Å². The lowest BCUT2D eigenvalue weighted by atomic mass is 9.95. The topological polar surface area (TPSA) is 23.6 Å². The molecule has 0 aliphatic carbocycles. The van der Waals surface area contributed by atoms with Crippen molar-refractivity contribution < 1.29 is 9.18 Å². The number of hydrogen-bond donors (Lipinski definition) is 0. The molecular weight excluding hydrogens is 279 g/mol. The molecule has 1 aromatic carbocycles. The number of hydrogen-bond acceptors (Lipinski definition) is 2. The second-order valence-corrected chi connectivity index (χ2v) is 6.80. The summed E-state index contributed by atoms with van der Waals surface area (Å²) < 4.78 is 13.5. The minimum Gasteiger partial charge on any atom is -0.337 e. The van der Waals surface area contributed by atoms with E-state index >= 15 is 0 Å². The van der Waals surface area contributed by atoms with Crippen molar-refractivity contribution in [3.8, 4) is 0 Å². The summed E-state index contributed by atoms with van der Waals surface area (Å²) in [5, 5.41) is 0. The number of carbonyl (C=O) groups is 1. The van der Waals surface area contributed by atoms with Gasteiger partial charge in [0.15, 0.2) is 0 Å². The molecule has 3 nitrogen and oxygen atoms in total. The van der Waals surface area contributed by atoms with Gasteiger partial charge in [-0.15, -0.1) is 0 Å². The van der Waals surface area contributed by atoms with Crippen LogP contribution in [0, 0.1) is 18.7 Å². The first kappa shape index (κ1) is 15.5. The van der Waals surface area contributed by atoms with E-state index in [0.29, 0.717) is 11.9 Å². The van der Waals surface area contributed by atoms with E-state index in [9.17, 15) is 9.18 Å². The molecule has 0 radical (unpaired) electrons. The van der Waals surface area contributed by atoms with Crippen LogP contribution in [0.1, 0.15) is 30.4 Å². The van der Waals surface area contributed by atoms with Gasteiger partial charge in [0.25, 0.3) is 0 Å². The van der Waals surface area contributed by atoms with Gasteiger partial charge in [-0.1, -0.05) is 12.1 Å². The molecule has 1 aromatic rings. The summed E-state index contributed by atoms with van der Waals surface area (Å²) in [6.07, 6.45) is 3.73. The summed E-state index contributed by atoms with van der Waals surface area (Å²) >= 11 is 0. The quantitative estimate of drug-likeness (QED) is 0.854. The van der Waals surface area contributed by atoms with Crippen LogP contribution in [0.15, 0.2) is 18.2 Å². The van der Waals surface area contributed by atoms with Crippen LogP contribution in [0.25, 0.3) is 0 Å². The van der Waals surface area contributed by atoms with Gasteiger partial charge in [0.2, 0.25) is 5.91 Å². The van der Waals surface area contributed by atoms with Gasteiger partial charge in [-0.25, -0.2) is 4.39 Å². The smallest absolute Gasteiger partial charge is 0.226 e. The highest BCUT2D eigenvalue weighted by molar-refractivity contribution is 5.81. The van der Waals surface area contributed by atoms with E-state index < -0.39 is 0 Å². The Bertz CT molecular complexity index is 560. The largest absolute Gasteiger partial charge is 0.337 e. The Morgan fingerprint density at radius 2 is 2.14 bits per heavy atom. The van der Waals surface area contributed by atoms with E-state index in [-0.39, 0.29) is 11.7 Å². The average Bonchev–Trinajstić information content (AvgIpc) is 2.79. The van der Waals surface area contributed by atoms with Crippen molar-refractivity contribution >= 4 is 5.91 Å². The maximum absolute atomic E-state index is 13.5. The van der Waals surface area contributed by atoms with E-state index in [4.69, 9.17) is 0 Å². The van der Waals surface area contributed by atoms with Crippen LogP contribution >= 0.6 is 0 Å². The summed E-state index contributed by atoms with van der Waals surface area (Å²) in [6, 6.07) is 5.68. The Morgan fingerprint density at radius 3 is 2.95 bits per heavy atom. The standard InChI is InChI=1S/C18H25FN2O/c1-13-14(6-4-8-17(13)19)5-3-7-15-11-16-12-20(2)9-10-21(16)18(15)22/h4,6,8,15-16H,3,5,7,9-12H2,1-2H3/t15-,16-/m0/s1. The second kappa shape index (κ2) is 6.37. The van der Waals surface area contributed by atoms with E-state index in [1.807, 2.05) is 13.0 Å². The van der Waals surface area contributed by atoms with Crippen molar-refractivity contribution in [3.63, 3.8) is 0 Å². The van der Waals surface area contributed by atoms with Crippen LogP contribution in [0.5, 0.6) is 0 Å². The molecule has 1 amide bonds. The molecule has 0 bridgehead atoms. The third-order valence-electron chi connectivity index (χ3n) is 5.25. The number of carbonyl (C=O) groups excluding carboxylic acids is 1. The maximum atomic E-state index is 13.5. The van der Waals surface area contributed by atoms with Crippen molar-refractivity contribution in [2.75, 3.05) is 26.7 Å². The molecule has 2 aliphatic rings. The first-order chi connectivity index (χ1) is 10.6. The molecule has 4 heteroatoms. The van der Waals surface area contributed by atoms with Crippen molar-refractivity contribution in [2.45, 2.75) is 38.6 Å². The number of likely N-dealkylation sites (N-methyl/N-ethyl adjacent to an activating group) is 1. The number of fused-ring (bicyclic) bond motifs is 1. The zero-order valence-electron chi connectivity index (χ0n) is 13.5. The monoisotopic (exact) mass is 304 g/mol. The minimum absolute atomic E-state index is 0.130. The van der Waals surface area contributed by atoms with Gasteiger partial charge in [0.1, 0.15) is 5.82 Å². The van der Waals surface area contributed by atoms with E-state index in [1.54, 1.807) is 6.07 Å². The molecule has 2 fully saturated rings. The number of halogens is 1. The molecule has 2 heterocycles. The fourth-order valence-electron chi connectivity index (χ4n) is 3.87. The summed E-state index contributed by atoms with van der Waals surface area (Å²) in [4.78, 5) is 16.9. The summed E-state index contributed by atoms with van der Waals surface area (Å²) in [7, 11) is 2.13. The Morgan fingerprint density at radius 1 is 1.32 bits per heavy atom. The molecule has 0 saturated carbocycles. The number of rotatable bonds is 4. The summed E-state index contributed by atoms with van der Waals surface area (Å²) in [5.74, 6) is 0.383. The summed E-state index contributed by atoms with van der Waals surface area (Å²) in [5.41, 5.74) is 1.82. The molecule has 0 N–H and O–H groups in total. The lowest BCUT2D eigenvalue weighted by molar-refractivity contribution is -0.133. The Hall–Kier alpha value is -1.42. The Balaban J connectivity index is 1.54. The predicted molar refractivity (Wildman–Crippen MR) is 85.2 cm³/mol. The van der Waals surface area contributed by atoms with Gasteiger partial charge in [0.05, 0.1) is 0 Å².